The van der Waals surface area contributed by atoms with Crippen molar-refractivity contribution in [3.63, 3.8) is 0 Å². The van der Waals surface area contributed by atoms with Gasteiger partial charge < -0.3 is 10.4 Å². The summed E-state index contributed by atoms with van der Waals surface area (Å²) in [5.74, 6) is -2.08. The third-order valence-electron chi connectivity index (χ3n) is 3.77. The summed E-state index contributed by atoms with van der Waals surface area (Å²) in [5.41, 5.74) is -0.434. The number of benzene rings is 1. The molecule has 0 saturated heterocycles. The monoisotopic (exact) mass is 319 g/mol. The average Bonchev–Trinajstić information content (AvgIpc) is 2.90. The molecule has 0 aliphatic rings. The molecule has 0 spiro atoms. The lowest BCUT2D eigenvalue weighted by molar-refractivity contribution is -0.147. The van der Waals surface area contributed by atoms with Gasteiger partial charge in [0, 0.05) is 25.4 Å². The van der Waals surface area contributed by atoms with Crippen LogP contribution in [0.2, 0.25) is 0 Å². The van der Waals surface area contributed by atoms with Gasteiger partial charge in [-0.05, 0) is 37.1 Å². The number of carbonyl (C=O) groups is 2. The number of carboxylic acid groups (broad SMARTS) is 1. The zero-order valence-electron chi connectivity index (χ0n) is 12.9. The largest absolute Gasteiger partial charge is 0.479 e. The first kappa shape index (κ1) is 16.7. The van der Waals surface area contributed by atoms with Gasteiger partial charge in [-0.2, -0.15) is 5.10 Å². The molecule has 1 unspecified atom stereocenters. The molecule has 1 amide bonds. The fourth-order valence-corrected chi connectivity index (χ4v) is 2.26. The first-order valence-corrected chi connectivity index (χ1v) is 7.10. The Kier molecular flexibility index (Phi) is 4.78. The van der Waals surface area contributed by atoms with E-state index in [-0.39, 0.29) is 6.42 Å². The molecule has 0 aliphatic heterocycles. The number of hydrogen-bond acceptors (Lipinski definition) is 3. The summed E-state index contributed by atoms with van der Waals surface area (Å²) in [6.45, 7) is 1.38. The molecular formula is C16H18FN3O3. The van der Waals surface area contributed by atoms with Crippen LogP contribution < -0.4 is 5.32 Å². The Bertz CT molecular complexity index is 712. The Hall–Kier alpha value is -2.70. The first-order chi connectivity index (χ1) is 10.8. The molecule has 0 aliphatic carbocycles. The van der Waals surface area contributed by atoms with Crippen LogP contribution in [0.4, 0.5) is 4.39 Å². The number of aryl methyl sites for hydroxylation is 2. The van der Waals surface area contributed by atoms with Crippen molar-refractivity contribution in [1.82, 2.24) is 15.1 Å². The quantitative estimate of drug-likeness (QED) is 0.847. The van der Waals surface area contributed by atoms with E-state index in [2.05, 4.69) is 10.4 Å². The molecule has 1 atom stereocenters. The maximum Gasteiger partial charge on any atom is 0.333 e. The standard InChI is InChI=1S/C16H18FN3O3/c1-16(15(22)23,11-3-5-12(17)6-4-11)19-14(21)8-7-13-9-10-18-20(13)2/h3-6,9-10H,7-8H2,1-2H3,(H,19,21)(H,22,23). The van der Waals surface area contributed by atoms with Crippen LogP contribution in [0.5, 0.6) is 0 Å². The normalized spacial score (nSPS) is 13.3. The Balaban J connectivity index is 2.09. The molecule has 2 rings (SSSR count). The topological polar surface area (TPSA) is 84.2 Å². The van der Waals surface area contributed by atoms with E-state index >= 15 is 0 Å². The van der Waals surface area contributed by atoms with Crippen molar-refractivity contribution >= 4 is 11.9 Å². The fourth-order valence-electron chi connectivity index (χ4n) is 2.26. The van der Waals surface area contributed by atoms with Crippen LogP contribution in [0.15, 0.2) is 36.5 Å². The van der Waals surface area contributed by atoms with E-state index < -0.39 is 23.2 Å². The molecule has 1 aromatic carbocycles. The number of amides is 1. The zero-order valence-corrected chi connectivity index (χ0v) is 12.9. The minimum atomic E-state index is -1.61. The molecule has 1 aromatic heterocycles. The highest BCUT2D eigenvalue weighted by molar-refractivity contribution is 5.87. The van der Waals surface area contributed by atoms with Crippen molar-refractivity contribution in [2.75, 3.05) is 0 Å². The van der Waals surface area contributed by atoms with Gasteiger partial charge in [0.05, 0.1) is 0 Å². The Morgan fingerprint density at radius 2 is 1.96 bits per heavy atom. The zero-order chi connectivity index (χ0) is 17.0. The number of nitrogens with zero attached hydrogens (tertiary/aromatic N) is 2. The minimum Gasteiger partial charge on any atom is -0.479 e. The van der Waals surface area contributed by atoms with E-state index in [4.69, 9.17) is 0 Å². The molecule has 0 fully saturated rings. The number of aliphatic carboxylic acids is 1. The van der Waals surface area contributed by atoms with Crippen molar-refractivity contribution < 1.29 is 19.1 Å². The molecule has 1 heterocycles. The summed E-state index contributed by atoms with van der Waals surface area (Å²) >= 11 is 0. The predicted molar refractivity (Wildman–Crippen MR) is 81.1 cm³/mol. The van der Waals surface area contributed by atoms with Gasteiger partial charge >= 0.3 is 5.97 Å². The maximum absolute atomic E-state index is 13.0. The van der Waals surface area contributed by atoms with Crippen molar-refractivity contribution in [1.29, 1.82) is 0 Å². The Labute approximate surface area is 132 Å². The second-order valence-corrected chi connectivity index (χ2v) is 5.43. The summed E-state index contributed by atoms with van der Waals surface area (Å²) in [5, 5.41) is 16.0. The summed E-state index contributed by atoms with van der Waals surface area (Å²) in [4.78, 5) is 23.7. The average molecular weight is 319 g/mol. The molecule has 0 saturated carbocycles. The van der Waals surface area contributed by atoms with Gasteiger partial charge in [0.25, 0.3) is 0 Å². The second kappa shape index (κ2) is 6.60. The van der Waals surface area contributed by atoms with Gasteiger partial charge in [-0.3, -0.25) is 9.48 Å². The van der Waals surface area contributed by atoms with E-state index in [1.807, 2.05) is 0 Å². The van der Waals surface area contributed by atoms with E-state index in [1.54, 1.807) is 24.0 Å². The third kappa shape index (κ3) is 3.74. The van der Waals surface area contributed by atoms with Gasteiger partial charge in [0.2, 0.25) is 5.91 Å². The van der Waals surface area contributed by atoms with Crippen molar-refractivity contribution in [2.24, 2.45) is 7.05 Å². The highest BCUT2D eigenvalue weighted by atomic mass is 19.1. The predicted octanol–water partition coefficient (Wildman–Crippen LogP) is 1.61. The van der Waals surface area contributed by atoms with Crippen molar-refractivity contribution in [3.8, 4) is 0 Å². The second-order valence-electron chi connectivity index (χ2n) is 5.43. The number of nitrogens with one attached hydrogen (secondary N) is 1. The van der Waals surface area contributed by atoms with Crippen LogP contribution in [-0.2, 0) is 28.6 Å². The molecular weight excluding hydrogens is 301 g/mol. The fraction of sp³-hybridized carbons (Fsp3) is 0.312. The lowest BCUT2D eigenvalue weighted by Gasteiger charge is -2.27. The van der Waals surface area contributed by atoms with Gasteiger partial charge in [0.15, 0.2) is 5.54 Å². The molecule has 6 nitrogen and oxygen atoms in total. The molecule has 7 heteroatoms. The van der Waals surface area contributed by atoms with Crippen LogP contribution in [0.3, 0.4) is 0 Å². The summed E-state index contributed by atoms with van der Waals surface area (Å²) in [6, 6.07) is 6.83. The highest BCUT2D eigenvalue weighted by Gasteiger charge is 2.36. The van der Waals surface area contributed by atoms with Gasteiger partial charge in [-0.1, -0.05) is 12.1 Å². The SMILES string of the molecule is Cn1nccc1CCC(=O)NC(C)(C(=O)O)c1ccc(F)cc1. The van der Waals surface area contributed by atoms with Crippen molar-refractivity contribution in [3.05, 3.63) is 53.6 Å². The number of carboxylic acids is 1. The van der Waals surface area contributed by atoms with Crippen LogP contribution in [0, 0.1) is 5.82 Å². The number of carbonyl (C=O) groups excluding carboxylic acids is 1. The smallest absolute Gasteiger partial charge is 0.333 e. The summed E-state index contributed by atoms with van der Waals surface area (Å²) in [6.07, 6.45) is 2.21. The molecule has 2 aromatic rings. The Morgan fingerprint density at radius 1 is 1.30 bits per heavy atom. The molecule has 0 radical (unpaired) electrons. The first-order valence-electron chi connectivity index (χ1n) is 7.10. The van der Waals surface area contributed by atoms with Crippen LogP contribution in [0.25, 0.3) is 0 Å². The number of hydrogen-bond donors (Lipinski definition) is 2. The highest BCUT2D eigenvalue weighted by Crippen LogP contribution is 2.22. The van der Waals surface area contributed by atoms with Crippen molar-refractivity contribution in [2.45, 2.75) is 25.3 Å². The summed E-state index contributed by atoms with van der Waals surface area (Å²) in [7, 11) is 1.77. The van der Waals surface area contributed by atoms with Crippen LogP contribution in [-0.4, -0.2) is 26.8 Å². The van der Waals surface area contributed by atoms with E-state index in [0.717, 1.165) is 17.8 Å². The van der Waals surface area contributed by atoms with Gasteiger partial charge in [0.1, 0.15) is 5.82 Å². The third-order valence-corrected chi connectivity index (χ3v) is 3.77. The number of halogens is 1. The van der Waals surface area contributed by atoms with Gasteiger partial charge in [-0.25, -0.2) is 9.18 Å². The molecule has 2 N–H and O–H groups in total. The lowest BCUT2D eigenvalue weighted by Crippen LogP contribution is -2.49. The van der Waals surface area contributed by atoms with Crippen LogP contribution in [0.1, 0.15) is 24.6 Å². The van der Waals surface area contributed by atoms with Gasteiger partial charge in [-0.15, -0.1) is 0 Å². The van der Waals surface area contributed by atoms with E-state index in [1.165, 1.54) is 19.1 Å². The molecule has 122 valence electrons. The molecule has 23 heavy (non-hydrogen) atoms. The number of aromatic nitrogens is 2. The number of rotatable bonds is 6. The minimum absolute atomic E-state index is 0.129. The lowest BCUT2D eigenvalue weighted by atomic mass is 9.91. The summed E-state index contributed by atoms with van der Waals surface area (Å²) < 4.78 is 14.7. The van der Waals surface area contributed by atoms with Crippen LogP contribution >= 0.6 is 0 Å². The van der Waals surface area contributed by atoms with E-state index in [0.29, 0.717) is 12.0 Å². The Morgan fingerprint density at radius 3 is 2.48 bits per heavy atom. The maximum atomic E-state index is 13.0. The molecule has 0 bridgehead atoms. The van der Waals surface area contributed by atoms with E-state index in [9.17, 15) is 19.1 Å².